The van der Waals surface area contributed by atoms with Gasteiger partial charge in [0.2, 0.25) is 11.8 Å². The molecule has 0 fully saturated rings. The van der Waals surface area contributed by atoms with Crippen LogP contribution in [0.3, 0.4) is 0 Å². The third-order valence-corrected chi connectivity index (χ3v) is 5.06. The summed E-state index contributed by atoms with van der Waals surface area (Å²) in [5, 5.41) is 3.23. The highest BCUT2D eigenvalue weighted by atomic mass is 16.2. The number of nitrogens with one attached hydrogen (secondary N) is 1. The van der Waals surface area contributed by atoms with E-state index in [1.807, 2.05) is 30.3 Å². The smallest absolute Gasteiger partial charge is 0.331 e. The van der Waals surface area contributed by atoms with Crippen LogP contribution in [0.1, 0.15) is 24.8 Å². The summed E-state index contributed by atoms with van der Waals surface area (Å²) in [6, 6.07) is 16.5. The van der Waals surface area contributed by atoms with Crippen LogP contribution in [0.5, 0.6) is 0 Å². The highest BCUT2D eigenvalue weighted by molar-refractivity contribution is 5.81. The molecule has 0 unspecified atom stereocenters. The van der Waals surface area contributed by atoms with Crippen LogP contribution in [-0.4, -0.2) is 27.5 Å². The minimum absolute atomic E-state index is 0.0621. The number of carbonyl (C=O) groups excluding carboxylic acids is 2. The van der Waals surface area contributed by atoms with Gasteiger partial charge in [0.05, 0.1) is 10.9 Å². The van der Waals surface area contributed by atoms with Crippen LogP contribution in [0, 0.1) is 0 Å². The van der Waals surface area contributed by atoms with E-state index < -0.39 is 17.2 Å². The Hall–Kier alpha value is -3.68. The molecule has 0 radical (unpaired) electrons. The number of rotatable bonds is 10. The first-order chi connectivity index (χ1) is 15.0. The van der Waals surface area contributed by atoms with E-state index in [4.69, 9.17) is 5.73 Å². The molecule has 8 nitrogen and oxygen atoms in total. The van der Waals surface area contributed by atoms with Gasteiger partial charge in [-0.05, 0) is 37.0 Å². The van der Waals surface area contributed by atoms with Crippen molar-refractivity contribution in [1.29, 1.82) is 0 Å². The highest BCUT2D eigenvalue weighted by Gasteiger charge is 2.14. The molecule has 1 aromatic heterocycles. The first kappa shape index (κ1) is 22.0. The Bertz CT molecular complexity index is 1180. The van der Waals surface area contributed by atoms with Crippen molar-refractivity contribution in [3.63, 3.8) is 0 Å². The Morgan fingerprint density at radius 1 is 0.903 bits per heavy atom. The van der Waals surface area contributed by atoms with Crippen molar-refractivity contribution in [3.8, 4) is 0 Å². The van der Waals surface area contributed by atoms with E-state index in [2.05, 4.69) is 5.32 Å². The molecular weight excluding hydrogens is 396 g/mol. The van der Waals surface area contributed by atoms with Crippen LogP contribution >= 0.6 is 0 Å². The molecule has 2 aromatic carbocycles. The van der Waals surface area contributed by atoms with E-state index in [1.54, 1.807) is 24.3 Å². The quantitative estimate of drug-likeness (QED) is 0.477. The summed E-state index contributed by atoms with van der Waals surface area (Å²) < 4.78 is 2.33. The summed E-state index contributed by atoms with van der Waals surface area (Å²) in [5.41, 5.74) is 5.83. The Kier molecular flexibility index (Phi) is 7.37. The van der Waals surface area contributed by atoms with Gasteiger partial charge in [-0.2, -0.15) is 0 Å². The summed E-state index contributed by atoms with van der Waals surface area (Å²) in [7, 11) is 0. The van der Waals surface area contributed by atoms with Gasteiger partial charge in [-0.3, -0.25) is 23.5 Å². The number of fused-ring (bicyclic) bond motifs is 1. The largest absolute Gasteiger partial charge is 0.368 e. The molecule has 0 aliphatic carbocycles. The standard InChI is InChI=1S/C23H26N4O4/c24-20(28)16-27-19-11-5-4-10-18(19)22(30)26(23(27)31)15-7-6-12-21(29)25-14-13-17-8-2-1-3-9-17/h1-5,8-11H,6-7,12-16H2,(H2,24,28)(H,25,29). The van der Waals surface area contributed by atoms with Crippen LogP contribution < -0.4 is 22.3 Å². The van der Waals surface area contributed by atoms with E-state index in [1.165, 1.54) is 4.57 Å². The number of benzene rings is 2. The maximum absolute atomic E-state index is 12.8. The summed E-state index contributed by atoms with van der Waals surface area (Å²) >= 11 is 0. The predicted molar refractivity (Wildman–Crippen MR) is 119 cm³/mol. The number of hydrogen-bond acceptors (Lipinski definition) is 4. The van der Waals surface area contributed by atoms with Crippen LogP contribution in [0.2, 0.25) is 0 Å². The molecule has 1 heterocycles. The Labute approximate surface area is 179 Å². The second kappa shape index (κ2) is 10.4. The maximum atomic E-state index is 12.8. The lowest BCUT2D eigenvalue weighted by molar-refractivity contribution is -0.121. The average molecular weight is 422 g/mol. The van der Waals surface area contributed by atoms with Gasteiger partial charge in [-0.1, -0.05) is 42.5 Å². The van der Waals surface area contributed by atoms with Crippen molar-refractivity contribution >= 4 is 22.7 Å². The predicted octanol–water partition coefficient (Wildman–Crippen LogP) is 1.18. The SMILES string of the molecule is NC(=O)Cn1c(=O)n(CCCCC(=O)NCCc2ccccc2)c(=O)c2ccccc21. The van der Waals surface area contributed by atoms with Crippen molar-refractivity contribution < 1.29 is 9.59 Å². The van der Waals surface area contributed by atoms with Crippen LogP contribution in [0.15, 0.2) is 64.2 Å². The molecule has 0 spiro atoms. The Morgan fingerprint density at radius 2 is 1.61 bits per heavy atom. The van der Waals surface area contributed by atoms with Gasteiger partial charge in [-0.25, -0.2) is 4.79 Å². The fourth-order valence-electron chi connectivity index (χ4n) is 3.51. The van der Waals surface area contributed by atoms with Gasteiger partial charge in [-0.15, -0.1) is 0 Å². The van der Waals surface area contributed by atoms with E-state index >= 15 is 0 Å². The maximum Gasteiger partial charge on any atom is 0.331 e. The molecule has 3 rings (SSSR count). The molecule has 0 bridgehead atoms. The highest BCUT2D eigenvalue weighted by Crippen LogP contribution is 2.08. The third-order valence-electron chi connectivity index (χ3n) is 5.06. The van der Waals surface area contributed by atoms with Crippen LogP contribution in [0.25, 0.3) is 10.9 Å². The summed E-state index contributed by atoms with van der Waals surface area (Å²) in [6.45, 7) is 0.423. The number of para-hydroxylation sites is 1. The average Bonchev–Trinajstić information content (AvgIpc) is 2.76. The van der Waals surface area contributed by atoms with E-state index in [0.717, 1.165) is 16.6 Å². The van der Waals surface area contributed by atoms with Crippen molar-refractivity contribution in [2.45, 2.75) is 38.8 Å². The van der Waals surface area contributed by atoms with Gasteiger partial charge < -0.3 is 11.1 Å². The van der Waals surface area contributed by atoms with Crippen molar-refractivity contribution in [1.82, 2.24) is 14.5 Å². The molecule has 0 aliphatic heterocycles. The number of unbranched alkanes of at least 4 members (excludes halogenated alkanes) is 1. The molecule has 0 saturated carbocycles. The van der Waals surface area contributed by atoms with Crippen molar-refractivity contribution in [2.24, 2.45) is 5.73 Å². The number of nitrogens with zero attached hydrogens (tertiary/aromatic N) is 2. The molecule has 8 heteroatoms. The van der Waals surface area contributed by atoms with Gasteiger partial charge in [0.1, 0.15) is 6.54 Å². The zero-order chi connectivity index (χ0) is 22.2. The lowest BCUT2D eigenvalue weighted by atomic mass is 10.1. The second-order valence-corrected chi connectivity index (χ2v) is 7.35. The number of carbonyl (C=O) groups is 2. The minimum atomic E-state index is -0.662. The molecule has 0 atom stereocenters. The molecule has 2 amide bonds. The summed E-state index contributed by atoms with van der Waals surface area (Å²) in [4.78, 5) is 49.0. The monoisotopic (exact) mass is 422 g/mol. The lowest BCUT2D eigenvalue weighted by Gasteiger charge is -2.13. The Morgan fingerprint density at radius 3 is 2.35 bits per heavy atom. The minimum Gasteiger partial charge on any atom is -0.368 e. The number of hydrogen-bond donors (Lipinski definition) is 2. The molecular formula is C23H26N4O4. The fourth-order valence-corrected chi connectivity index (χ4v) is 3.51. The summed E-state index contributed by atoms with van der Waals surface area (Å²) in [6.07, 6.45) is 2.09. The van der Waals surface area contributed by atoms with Crippen molar-refractivity contribution in [3.05, 3.63) is 81.0 Å². The number of primary amides is 1. The fraction of sp³-hybridized carbons (Fsp3) is 0.304. The summed E-state index contributed by atoms with van der Waals surface area (Å²) in [5.74, 6) is -0.724. The Balaban J connectivity index is 1.58. The van der Waals surface area contributed by atoms with Gasteiger partial charge in [0, 0.05) is 19.5 Å². The van der Waals surface area contributed by atoms with E-state index in [-0.39, 0.29) is 19.0 Å². The first-order valence-electron chi connectivity index (χ1n) is 10.3. The first-order valence-corrected chi connectivity index (χ1v) is 10.3. The van der Waals surface area contributed by atoms with E-state index in [0.29, 0.717) is 36.7 Å². The van der Waals surface area contributed by atoms with Gasteiger partial charge >= 0.3 is 5.69 Å². The lowest BCUT2D eigenvalue weighted by Crippen LogP contribution is -2.42. The number of nitrogens with two attached hydrogens (primary N) is 1. The number of aromatic nitrogens is 2. The van der Waals surface area contributed by atoms with E-state index in [9.17, 15) is 19.2 Å². The van der Waals surface area contributed by atoms with Crippen LogP contribution in [0.4, 0.5) is 0 Å². The molecule has 31 heavy (non-hydrogen) atoms. The third kappa shape index (κ3) is 5.69. The normalized spacial score (nSPS) is 10.8. The molecule has 3 N–H and O–H groups in total. The van der Waals surface area contributed by atoms with Gasteiger partial charge in [0.25, 0.3) is 5.56 Å². The van der Waals surface area contributed by atoms with Crippen molar-refractivity contribution in [2.75, 3.05) is 6.54 Å². The zero-order valence-corrected chi connectivity index (χ0v) is 17.3. The van der Waals surface area contributed by atoms with Crippen LogP contribution in [-0.2, 0) is 29.1 Å². The second-order valence-electron chi connectivity index (χ2n) is 7.35. The number of amides is 2. The zero-order valence-electron chi connectivity index (χ0n) is 17.3. The molecule has 162 valence electrons. The molecule has 3 aromatic rings. The topological polar surface area (TPSA) is 116 Å². The van der Waals surface area contributed by atoms with Gasteiger partial charge in [0.15, 0.2) is 0 Å². The molecule has 0 aliphatic rings. The molecule has 0 saturated heterocycles.